The molecule has 0 aromatic carbocycles. The molecule has 0 spiro atoms. The Labute approximate surface area is 211 Å². The zero-order chi connectivity index (χ0) is 26.5. The summed E-state index contributed by atoms with van der Waals surface area (Å²) >= 11 is 6.48. The number of pyridine rings is 2. The zero-order valence-corrected chi connectivity index (χ0v) is 20.2. The predicted octanol–water partition coefficient (Wildman–Crippen LogP) is 4.85. The molecule has 0 aliphatic rings. The van der Waals surface area contributed by atoms with E-state index >= 15 is 0 Å². The van der Waals surface area contributed by atoms with Crippen LogP contribution in [0.3, 0.4) is 0 Å². The van der Waals surface area contributed by atoms with E-state index in [4.69, 9.17) is 11.6 Å². The number of hydrogen-bond donors (Lipinski definition) is 2. The van der Waals surface area contributed by atoms with Gasteiger partial charge < -0.3 is 10.6 Å². The average Bonchev–Trinajstić information content (AvgIpc) is 3.32. The number of halogens is 5. The van der Waals surface area contributed by atoms with Gasteiger partial charge in [0, 0.05) is 31.1 Å². The van der Waals surface area contributed by atoms with Gasteiger partial charge in [-0.1, -0.05) is 11.6 Å². The fourth-order valence-electron chi connectivity index (χ4n) is 2.80. The molecule has 0 bridgehead atoms. The first-order valence-electron chi connectivity index (χ1n) is 10.0. The molecule has 3 aromatic rings. The van der Waals surface area contributed by atoms with E-state index in [0.717, 1.165) is 17.5 Å². The average molecular weight is 541 g/mol. The van der Waals surface area contributed by atoms with Crippen molar-refractivity contribution in [1.82, 2.24) is 20.3 Å². The lowest BCUT2D eigenvalue weighted by Gasteiger charge is -2.10. The summed E-state index contributed by atoms with van der Waals surface area (Å²) in [6, 6.07) is 2.69. The Hall–Kier alpha value is -3.71. The van der Waals surface area contributed by atoms with E-state index in [1.54, 1.807) is 6.92 Å². The number of alkyl halides is 3. The highest BCUT2D eigenvalue weighted by molar-refractivity contribution is 7.13. The van der Waals surface area contributed by atoms with E-state index in [-0.39, 0.29) is 10.7 Å². The molecule has 0 saturated carbocycles. The van der Waals surface area contributed by atoms with Crippen molar-refractivity contribution < 1.29 is 27.2 Å². The van der Waals surface area contributed by atoms with Gasteiger partial charge >= 0.3 is 6.18 Å². The van der Waals surface area contributed by atoms with Crippen LogP contribution in [0, 0.1) is 5.95 Å². The molecule has 3 heterocycles. The number of hydrogen-bond acceptors (Lipinski definition) is 7. The maximum absolute atomic E-state index is 13.0. The summed E-state index contributed by atoms with van der Waals surface area (Å²) in [6.07, 6.45) is 1.27. The number of amides is 2. The third-order valence-electron chi connectivity index (χ3n) is 4.54. The standard InChI is InChI=1S/C22H17ClF4N6O2S/c1-11(32-19(34)6-4-15(28-2)12-3-5-17(24)29-8-12)21-31-10-16(36-21)20(35)33-18-7-13(22(25,26)27)14(23)9-30-18/h3-11H,1-2H3,(H,32,34)(H,30,33,35)/b6-4+,28-15+. The molecule has 0 aliphatic heterocycles. The third kappa shape index (κ3) is 6.92. The van der Waals surface area contributed by atoms with E-state index in [1.807, 2.05) is 0 Å². The van der Waals surface area contributed by atoms with Gasteiger partial charge in [-0.05, 0) is 31.2 Å². The van der Waals surface area contributed by atoms with E-state index in [1.165, 1.54) is 43.7 Å². The highest BCUT2D eigenvalue weighted by Gasteiger charge is 2.34. The maximum Gasteiger partial charge on any atom is 0.418 e. The van der Waals surface area contributed by atoms with Crippen LogP contribution in [0.5, 0.6) is 0 Å². The molecular formula is C22H17ClF4N6O2S. The van der Waals surface area contributed by atoms with Crippen molar-refractivity contribution in [2.24, 2.45) is 4.99 Å². The van der Waals surface area contributed by atoms with E-state index < -0.39 is 40.6 Å². The van der Waals surface area contributed by atoms with Gasteiger partial charge in [0.25, 0.3) is 5.91 Å². The fraction of sp³-hybridized carbons (Fsp3) is 0.182. The SMILES string of the molecule is C/N=C(\C=C\C(=O)NC(C)c1ncc(C(=O)Nc2cc(C(F)(F)F)c(Cl)cn2)s1)c1ccc(F)nc1. The van der Waals surface area contributed by atoms with Gasteiger partial charge in [0.05, 0.1) is 28.5 Å². The second-order valence-electron chi connectivity index (χ2n) is 7.11. The van der Waals surface area contributed by atoms with E-state index in [9.17, 15) is 27.2 Å². The first-order chi connectivity index (χ1) is 17.0. The monoisotopic (exact) mass is 540 g/mol. The molecule has 14 heteroatoms. The van der Waals surface area contributed by atoms with E-state index in [2.05, 4.69) is 30.6 Å². The van der Waals surface area contributed by atoms with Gasteiger partial charge in [-0.25, -0.2) is 15.0 Å². The quantitative estimate of drug-likeness (QED) is 0.193. The number of nitrogens with zero attached hydrogens (tertiary/aromatic N) is 4. The smallest absolute Gasteiger partial charge is 0.344 e. The molecule has 0 aliphatic carbocycles. The van der Waals surface area contributed by atoms with Crippen molar-refractivity contribution in [2.45, 2.75) is 19.1 Å². The minimum Gasteiger partial charge on any atom is -0.344 e. The van der Waals surface area contributed by atoms with Crippen LogP contribution in [-0.2, 0) is 11.0 Å². The number of carbonyl (C=O) groups excluding carboxylic acids is 2. The molecule has 8 nitrogen and oxygen atoms in total. The molecule has 3 rings (SSSR count). The number of rotatable bonds is 7. The zero-order valence-electron chi connectivity index (χ0n) is 18.6. The van der Waals surface area contributed by atoms with Gasteiger partial charge in [0.15, 0.2) is 0 Å². The third-order valence-corrected chi connectivity index (χ3v) is 6.02. The van der Waals surface area contributed by atoms with Crippen LogP contribution in [0.25, 0.3) is 0 Å². The van der Waals surface area contributed by atoms with Crippen LogP contribution in [-0.4, -0.2) is 39.5 Å². The van der Waals surface area contributed by atoms with Crippen molar-refractivity contribution in [3.05, 3.63) is 80.9 Å². The van der Waals surface area contributed by atoms with Gasteiger partial charge in [0.2, 0.25) is 11.9 Å². The summed E-state index contributed by atoms with van der Waals surface area (Å²) in [6.45, 7) is 1.64. The fourth-order valence-corrected chi connectivity index (χ4v) is 3.83. The maximum atomic E-state index is 13.0. The second-order valence-corrected chi connectivity index (χ2v) is 8.58. The first-order valence-corrected chi connectivity index (χ1v) is 11.2. The Balaban J connectivity index is 1.62. The number of thiazole rings is 1. The number of allylic oxidation sites excluding steroid dienone is 1. The van der Waals surface area contributed by atoms with Gasteiger partial charge in [-0.15, -0.1) is 11.3 Å². The topological polar surface area (TPSA) is 109 Å². The normalized spacial score (nSPS) is 13.0. The summed E-state index contributed by atoms with van der Waals surface area (Å²) in [5.74, 6) is -2.18. The molecule has 3 aromatic heterocycles. The summed E-state index contributed by atoms with van der Waals surface area (Å²) in [5.41, 5.74) is -0.206. The predicted molar refractivity (Wildman–Crippen MR) is 127 cm³/mol. The number of nitrogens with one attached hydrogen (secondary N) is 2. The van der Waals surface area contributed by atoms with Crippen molar-refractivity contribution in [1.29, 1.82) is 0 Å². The number of aromatic nitrogens is 3. The molecule has 0 fully saturated rings. The number of carbonyl (C=O) groups is 2. The summed E-state index contributed by atoms with van der Waals surface area (Å²) in [4.78, 5) is 40.2. The van der Waals surface area contributed by atoms with Crippen LogP contribution in [0.15, 0.2) is 53.9 Å². The summed E-state index contributed by atoms with van der Waals surface area (Å²) in [7, 11) is 1.51. The molecule has 1 unspecified atom stereocenters. The highest BCUT2D eigenvalue weighted by Crippen LogP contribution is 2.35. The molecule has 0 radical (unpaired) electrons. The molecule has 1 atom stereocenters. The lowest BCUT2D eigenvalue weighted by molar-refractivity contribution is -0.137. The number of aliphatic imine (C=N–C) groups is 1. The lowest BCUT2D eigenvalue weighted by Crippen LogP contribution is -2.24. The van der Waals surface area contributed by atoms with Crippen molar-refractivity contribution in [2.75, 3.05) is 12.4 Å². The first kappa shape index (κ1) is 26.9. The molecule has 0 saturated heterocycles. The summed E-state index contributed by atoms with van der Waals surface area (Å²) in [5, 5.41) is 4.74. The van der Waals surface area contributed by atoms with E-state index in [0.29, 0.717) is 22.3 Å². The van der Waals surface area contributed by atoms with Gasteiger partial charge in [0.1, 0.15) is 15.7 Å². The Morgan fingerprint density at radius 3 is 2.53 bits per heavy atom. The Morgan fingerprint density at radius 2 is 1.89 bits per heavy atom. The minimum atomic E-state index is -4.71. The van der Waals surface area contributed by atoms with Crippen molar-refractivity contribution in [3.63, 3.8) is 0 Å². The Bertz CT molecular complexity index is 1320. The van der Waals surface area contributed by atoms with Crippen molar-refractivity contribution in [3.8, 4) is 0 Å². The second kappa shape index (κ2) is 11.4. The van der Waals surface area contributed by atoms with Crippen LogP contribution < -0.4 is 10.6 Å². The Kier molecular flexibility index (Phi) is 8.48. The van der Waals surface area contributed by atoms with Gasteiger partial charge in [-0.2, -0.15) is 17.6 Å². The Morgan fingerprint density at radius 1 is 1.14 bits per heavy atom. The minimum absolute atomic E-state index is 0.0937. The van der Waals surface area contributed by atoms with Crippen LogP contribution >= 0.6 is 22.9 Å². The summed E-state index contributed by atoms with van der Waals surface area (Å²) < 4.78 is 52.0. The van der Waals surface area contributed by atoms with Crippen LogP contribution in [0.1, 0.15) is 38.8 Å². The lowest BCUT2D eigenvalue weighted by atomic mass is 10.1. The number of anilines is 1. The van der Waals surface area contributed by atoms with Gasteiger partial charge in [-0.3, -0.25) is 14.6 Å². The van der Waals surface area contributed by atoms with Crippen LogP contribution in [0.2, 0.25) is 5.02 Å². The molecule has 2 N–H and O–H groups in total. The van der Waals surface area contributed by atoms with Crippen LogP contribution in [0.4, 0.5) is 23.4 Å². The highest BCUT2D eigenvalue weighted by atomic mass is 35.5. The molecular weight excluding hydrogens is 524 g/mol. The largest absolute Gasteiger partial charge is 0.418 e. The molecule has 36 heavy (non-hydrogen) atoms. The molecule has 188 valence electrons. The van der Waals surface area contributed by atoms with Crippen molar-refractivity contribution >= 4 is 46.3 Å². The molecule has 2 amide bonds.